The van der Waals surface area contributed by atoms with Gasteiger partial charge in [-0.05, 0) is 42.8 Å². The van der Waals surface area contributed by atoms with E-state index in [1.54, 1.807) is 54.6 Å². The van der Waals surface area contributed by atoms with Gasteiger partial charge in [0, 0.05) is 23.0 Å². The number of aliphatic carboxylic acids is 1. The molecule has 0 bridgehead atoms. The number of sulfone groups is 1. The van der Waals surface area contributed by atoms with Crippen LogP contribution in [0, 0.1) is 6.92 Å². The number of rotatable bonds is 7. The predicted octanol–water partition coefficient (Wildman–Crippen LogP) is 5.59. The highest BCUT2D eigenvalue weighted by molar-refractivity contribution is 8.01. The molecule has 2 heterocycles. The first kappa shape index (κ1) is 24.4. The number of aliphatic imine (C=N–C) groups is 1. The number of nitrogens with zero attached hydrogens (tertiary/aromatic N) is 2. The minimum atomic E-state index is -4.09. The van der Waals surface area contributed by atoms with Gasteiger partial charge in [-0.25, -0.2) is 8.42 Å². The summed E-state index contributed by atoms with van der Waals surface area (Å²) in [6.45, 7) is 1.87. The zero-order valence-corrected chi connectivity index (χ0v) is 21.2. The van der Waals surface area contributed by atoms with Gasteiger partial charge in [0.1, 0.15) is 9.78 Å². The molecule has 1 aliphatic heterocycles. The minimum absolute atomic E-state index is 0.0721. The second-order valence-electron chi connectivity index (χ2n) is 8.40. The third-order valence-electron chi connectivity index (χ3n) is 5.72. The first-order chi connectivity index (χ1) is 17.7. The number of carboxylic acids is 1. The largest absolute Gasteiger partial charge is 0.492 e. The minimum Gasteiger partial charge on any atom is -0.492 e. The molecule has 4 aromatic rings. The van der Waals surface area contributed by atoms with E-state index in [0.29, 0.717) is 28.1 Å². The number of fused-ring (bicyclic) bond motifs is 1. The van der Waals surface area contributed by atoms with Crippen molar-refractivity contribution in [3.63, 3.8) is 0 Å². The quantitative estimate of drug-likeness (QED) is 0.284. The number of nitrogens with one attached hydrogen (secondary N) is 1. The summed E-state index contributed by atoms with van der Waals surface area (Å²) in [7, 11) is -4.09. The van der Waals surface area contributed by atoms with Gasteiger partial charge in [-0.1, -0.05) is 59.4 Å². The van der Waals surface area contributed by atoms with E-state index in [0.717, 1.165) is 16.9 Å². The second-order valence-corrected chi connectivity index (χ2v) is 11.3. The summed E-state index contributed by atoms with van der Waals surface area (Å²) in [5, 5.41) is 23.2. The van der Waals surface area contributed by atoms with Gasteiger partial charge in [-0.15, -0.1) is 0 Å². The molecule has 0 radical (unpaired) electrons. The van der Waals surface area contributed by atoms with Crippen molar-refractivity contribution in [3.8, 4) is 5.88 Å². The van der Waals surface area contributed by atoms with Crippen LogP contribution in [0.15, 0.2) is 82.7 Å². The number of aromatic hydroxyl groups is 1. The number of carboxylic acid groups (broad SMARTS) is 1. The van der Waals surface area contributed by atoms with Crippen LogP contribution in [-0.2, 0) is 21.1 Å². The molecule has 0 atom stereocenters. The van der Waals surface area contributed by atoms with Crippen molar-refractivity contribution in [3.05, 3.63) is 94.4 Å². The van der Waals surface area contributed by atoms with Crippen LogP contribution >= 0.6 is 11.3 Å². The molecule has 8 nitrogen and oxygen atoms in total. The number of allylic oxidation sites excluding steroid dienone is 1. The zero-order chi connectivity index (χ0) is 26.2. The van der Waals surface area contributed by atoms with Crippen molar-refractivity contribution in [2.24, 2.45) is 4.99 Å². The van der Waals surface area contributed by atoms with Crippen molar-refractivity contribution in [2.45, 2.75) is 18.2 Å². The Balaban J connectivity index is 1.63. The van der Waals surface area contributed by atoms with Crippen LogP contribution in [0.1, 0.15) is 21.6 Å². The standard InChI is InChI=1S/C27H21N3O5S2/c1-16-9-11-19(12-10-16)37(34,35)25(21-15-28-22-8-3-2-7-20(21)22)24-26(33)30-27(36-24)29-18-6-4-5-17(13-18)14-23(31)32/h2-13,15,33H,14H2,1H3,(H,29,30)(H,31,32)/b25-21-. The molecule has 0 unspecified atom stereocenters. The predicted molar refractivity (Wildman–Crippen MR) is 145 cm³/mol. The summed E-state index contributed by atoms with van der Waals surface area (Å²) < 4.78 is 28.0. The molecule has 0 fully saturated rings. The number of para-hydroxylation sites is 1. The number of carbonyl (C=O) groups is 1. The maximum Gasteiger partial charge on any atom is 0.307 e. The van der Waals surface area contributed by atoms with Crippen molar-refractivity contribution in [1.29, 1.82) is 0 Å². The van der Waals surface area contributed by atoms with Crippen LogP contribution in [-0.4, -0.2) is 35.8 Å². The van der Waals surface area contributed by atoms with E-state index in [1.807, 2.05) is 13.0 Å². The molecule has 5 rings (SSSR count). The Morgan fingerprint density at radius 3 is 2.54 bits per heavy atom. The van der Waals surface area contributed by atoms with Crippen molar-refractivity contribution in [2.75, 3.05) is 5.32 Å². The highest BCUT2D eigenvalue weighted by atomic mass is 32.2. The van der Waals surface area contributed by atoms with Crippen LogP contribution in [0.2, 0.25) is 0 Å². The molecular formula is C27H21N3O5S2. The van der Waals surface area contributed by atoms with Gasteiger partial charge in [-0.2, -0.15) is 4.98 Å². The molecule has 10 heteroatoms. The molecular weight excluding hydrogens is 510 g/mol. The SMILES string of the molecule is Cc1ccc(S(=O)(=O)/C(=C2/C=Nc3ccccc32)c2sc(Nc3cccc(CC(=O)O)c3)nc2O)cc1. The Bertz CT molecular complexity index is 1690. The van der Waals surface area contributed by atoms with Gasteiger partial charge < -0.3 is 15.5 Å². The molecule has 186 valence electrons. The molecule has 0 saturated heterocycles. The Kier molecular flexibility index (Phi) is 6.36. The number of thiazole rings is 1. The van der Waals surface area contributed by atoms with E-state index in [1.165, 1.54) is 18.3 Å². The van der Waals surface area contributed by atoms with Gasteiger partial charge in [0.2, 0.25) is 15.7 Å². The van der Waals surface area contributed by atoms with Gasteiger partial charge in [0.25, 0.3) is 0 Å². The number of aryl methyl sites for hydroxylation is 1. The van der Waals surface area contributed by atoms with Gasteiger partial charge >= 0.3 is 5.97 Å². The number of hydrogen-bond acceptors (Lipinski definition) is 8. The van der Waals surface area contributed by atoms with Crippen LogP contribution in [0.3, 0.4) is 0 Å². The Morgan fingerprint density at radius 1 is 1.03 bits per heavy atom. The van der Waals surface area contributed by atoms with Crippen molar-refractivity contribution >= 4 is 60.3 Å². The third-order valence-corrected chi connectivity index (χ3v) is 8.68. The van der Waals surface area contributed by atoms with E-state index < -0.39 is 21.7 Å². The summed E-state index contributed by atoms with van der Waals surface area (Å²) in [6.07, 6.45) is 1.35. The number of anilines is 2. The number of hydrogen-bond donors (Lipinski definition) is 3. The third kappa shape index (κ3) is 4.89. The Labute approximate surface area is 217 Å². The smallest absolute Gasteiger partial charge is 0.307 e. The second kappa shape index (κ2) is 9.64. The normalized spacial score (nSPS) is 13.9. The fraction of sp³-hybridized carbons (Fsp3) is 0.0741. The van der Waals surface area contributed by atoms with Gasteiger partial charge in [0.15, 0.2) is 5.13 Å². The lowest BCUT2D eigenvalue weighted by Gasteiger charge is -2.12. The maximum absolute atomic E-state index is 14.0. The Morgan fingerprint density at radius 2 is 1.78 bits per heavy atom. The highest BCUT2D eigenvalue weighted by Gasteiger charge is 2.33. The lowest BCUT2D eigenvalue weighted by Crippen LogP contribution is -2.06. The van der Waals surface area contributed by atoms with Crippen LogP contribution in [0.5, 0.6) is 5.88 Å². The summed E-state index contributed by atoms with van der Waals surface area (Å²) in [6, 6.07) is 20.5. The first-order valence-corrected chi connectivity index (χ1v) is 13.5. The van der Waals surface area contributed by atoms with Gasteiger partial charge in [0.05, 0.1) is 17.0 Å². The monoisotopic (exact) mass is 531 g/mol. The molecule has 1 aromatic heterocycles. The molecule has 37 heavy (non-hydrogen) atoms. The van der Waals surface area contributed by atoms with Crippen molar-refractivity contribution in [1.82, 2.24) is 4.98 Å². The molecule has 0 spiro atoms. The zero-order valence-electron chi connectivity index (χ0n) is 19.5. The lowest BCUT2D eigenvalue weighted by atomic mass is 10.1. The van der Waals surface area contributed by atoms with Crippen LogP contribution in [0.25, 0.3) is 10.5 Å². The van der Waals surface area contributed by atoms with E-state index in [9.17, 15) is 18.3 Å². The van der Waals surface area contributed by atoms with Crippen LogP contribution < -0.4 is 5.32 Å². The van der Waals surface area contributed by atoms with E-state index in [4.69, 9.17) is 5.11 Å². The topological polar surface area (TPSA) is 129 Å². The molecule has 3 N–H and O–H groups in total. The van der Waals surface area contributed by atoms with E-state index >= 15 is 0 Å². The molecule has 0 saturated carbocycles. The number of benzene rings is 3. The average molecular weight is 532 g/mol. The Hall–Kier alpha value is -4.28. The fourth-order valence-corrected chi connectivity index (χ4v) is 6.80. The van der Waals surface area contributed by atoms with Crippen LogP contribution in [0.4, 0.5) is 16.5 Å². The first-order valence-electron chi connectivity index (χ1n) is 11.2. The summed E-state index contributed by atoms with van der Waals surface area (Å²) in [5.41, 5.74) is 3.69. The highest BCUT2D eigenvalue weighted by Crippen LogP contribution is 2.46. The maximum atomic E-state index is 14.0. The fourth-order valence-electron chi connectivity index (χ4n) is 3.99. The lowest BCUT2D eigenvalue weighted by molar-refractivity contribution is -0.136. The molecule has 3 aromatic carbocycles. The number of aromatic nitrogens is 1. The molecule has 0 amide bonds. The van der Waals surface area contributed by atoms with E-state index in [-0.39, 0.29) is 26.2 Å². The van der Waals surface area contributed by atoms with Gasteiger partial charge in [-0.3, -0.25) is 9.79 Å². The summed E-state index contributed by atoms with van der Waals surface area (Å²) in [4.78, 5) is 19.7. The molecule has 0 aliphatic carbocycles. The average Bonchev–Trinajstić information content (AvgIpc) is 3.43. The summed E-state index contributed by atoms with van der Waals surface area (Å²) in [5.74, 6) is -1.40. The van der Waals surface area contributed by atoms with E-state index in [2.05, 4.69) is 15.3 Å². The summed E-state index contributed by atoms with van der Waals surface area (Å²) >= 11 is 0.981. The van der Waals surface area contributed by atoms with Crippen molar-refractivity contribution < 1.29 is 23.4 Å². The molecule has 1 aliphatic rings.